The van der Waals surface area contributed by atoms with Gasteiger partial charge in [0.2, 0.25) is 5.89 Å². The van der Waals surface area contributed by atoms with E-state index in [2.05, 4.69) is 10.3 Å². The minimum absolute atomic E-state index is 0.0135. The van der Waals surface area contributed by atoms with Crippen LogP contribution in [0.15, 0.2) is 10.6 Å². The first-order valence-corrected chi connectivity index (χ1v) is 7.16. The maximum atomic E-state index is 11.9. The number of alkyl carbamates (subject to hydrolysis) is 1. The van der Waals surface area contributed by atoms with Crippen LogP contribution in [0.5, 0.6) is 0 Å². The van der Waals surface area contributed by atoms with Crippen molar-refractivity contribution in [3.05, 3.63) is 17.8 Å². The highest BCUT2D eigenvalue weighted by atomic mass is 16.6. The predicted octanol–water partition coefficient (Wildman–Crippen LogP) is 2.96. The number of aromatic nitrogens is 1. The SMILES string of the molecule is CC(=O)OCc1cnc([C@@H](NC(=O)OC(C)(C)C)C(C)C)o1. The fourth-order valence-corrected chi connectivity index (χ4v) is 1.65. The van der Waals surface area contributed by atoms with Crippen LogP contribution < -0.4 is 5.32 Å². The average Bonchev–Trinajstić information content (AvgIpc) is 2.79. The second kappa shape index (κ2) is 7.29. The van der Waals surface area contributed by atoms with Gasteiger partial charge in [-0.2, -0.15) is 0 Å². The summed E-state index contributed by atoms with van der Waals surface area (Å²) in [4.78, 5) is 26.8. The molecule has 0 fully saturated rings. The highest BCUT2D eigenvalue weighted by Crippen LogP contribution is 2.22. The van der Waals surface area contributed by atoms with Crippen LogP contribution in [0.4, 0.5) is 4.79 Å². The topological polar surface area (TPSA) is 90.7 Å². The van der Waals surface area contributed by atoms with Crippen molar-refractivity contribution in [2.45, 2.75) is 59.8 Å². The number of rotatable bonds is 5. The number of carbonyl (C=O) groups is 2. The lowest BCUT2D eigenvalue weighted by Gasteiger charge is -2.24. The third-order valence-corrected chi connectivity index (χ3v) is 2.59. The lowest BCUT2D eigenvalue weighted by molar-refractivity contribution is -0.142. The molecule has 22 heavy (non-hydrogen) atoms. The summed E-state index contributed by atoms with van der Waals surface area (Å²) in [5.41, 5.74) is -0.581. The molecule has 0 saturated carbocycles. The molecule has 1 atom stereocenters. The van der Waals surface area contributed by atoms with Crippen molar-refractivity contribution < 1.29 is 23.5 Å². The van der Waals surface area contributed by atoms with Gasteiger partial charge in [0, 0.05) is 6.92 Å². The number of esters is 1. The summed E-state index contributed by atoms with van der Waals surface area (Å²) in [6.45, 7) is 10.6. The van der Waals surface area contributed by atoms with Crippen LogP contribution in [0.2, 0.25) is 0 Å². The first-order valence-electron chi connectivity index (χ1n) is 7.16. The number of hydrogen-bond donors (Lipinski definition) is 1. The van der Waals surface area contributed by atoms with Crippen LogP contribution in [-0.2, 0) is 20.9 Å². The number of hydrogen-bond acceptors (Lipinski definition) is 6. The number of nitrogens with zero attached hydrogens (tertiary/aromatic N) is 1. The van der Waals surface area contributed by atoms with Crippen molar-refractivity contribution >= 4 is 12.1 Å². The van der Waals surface area contributed by atoms with Crippen LogP contribution in [0, 0.1) is 5.92 Å². The monoisotopic (exact) mass is 312 g/mol. The Labute approximate surface area is 130 Å². The van der Waals surface area contributed by atoms with E-state index in [4.69, 9.17) is 13.9 Å². The average molecular weight is 312 g/mol. The van der Waals surface area contributed by atoms with E-state index >= 15 is 0 Å². The van der Waals surface area contributed by atoms with Crippen molar-refractivity contribution in [2.75, 3.05) is 0 Å². The van der Waals surface area contributed by atoms with Crippen LogP contribution in [-0.4, -0.2) is 22.6 Å². The Balaban J connectivity index is 2.75. The number of oxazole rings is 1. The van der Waals surface area contributed by atoms with Gasteiger partial charge in [0.1, 0.15) is 11.6 Å². The first-order chi connectivity index (χ1) is 10.1. The van der Waals surface area contributed by atoms with E-state index in [9.17, 15) is 9.59 Å². The van der Waals surface area contributed by atoms with E-state index in [1.807, 2.05) is 13.8 Å². The van der Waals surface area contributed by atoms with Crippen molar-refractivity contribution in [1.29, 1.82) is 0 Å². The number of nitrogens with one attached hydrogen (secondary N) is 1. The van der Waals surface area contributed by atoms with Gasteiger partial charge < -0.3 is 19.2 Å². The molecular formula is C15H24N2O5. The molecule has 1 heterocycles. The molecule has 0 aliphatic heterocycles. The van der Waals surface area contributed by atoms with Crippen molar-refractivity contribution in [1.82, 2.24) is 10.3 Å². The number of carbonyl (C=O) groups excluding carboxylic acids is 2. The molecule has 7 heteroatoms. The van der Waals surface area contributed by atoms with E-state index in [1.54, 1.807) is 20.8 Å². The van der Waals surface area contributed by atoms with E-state index in [0.29, 0.717) is 11.7 Å². The third-order valence-electron chi connectivity index (χ3n) is 2.59. The lowest BCUT2D eigenvalue weighted by Crippen LogP contribution is -2.37. The molecule has 0 aliphatic rings. The van der Waals surface area contributed by atoms with Gasteiger partial charge in [0.25, 0.3) is 0 Å². The van der Waals surface area contributed by atoms with E-state index in [-0.39, 0.29) is 12.5 Å². The Morgan fingerprint density at radius 2 is 2.00 bits per heavy atom. The van der Waals surface area contributed by atoms with Gasteiger partial charge in [-0.15, -0.1) is 0 Å². The Kier molecular flexibility index (Phi) is 5.96. The summed E-state index contributed by atoms with van der Waals surface area (Å²) in [6, 6.07) is -0.430. The Hall–Kier alpha value is -2.05. The molecule has 1 N–H and O–H groups in total. The Morgan fingerprint density at radius 3 is 2.50 bits per heavy atom. The summed E-state index contributed by atoms with van der Waals surface area (Å²) in [7, 11) is 0. The summed E-state index contributed by atoms with van der Waals surface area (Å²) in [6.07, 6.45) is 0.940. The fraction of sp³-hybridized carbons (Fsp3) is 0.667. The smallest absolute Gasteiger partial charge is 0.408 e. The van der Waals surface area contributed by atoms with Crippen LogP contribution >= 0.6 is 0 Å². The molecular weight excluding hydrogens is 288 g/mol. The molecule has 0 spiro atoms. The third kappa shape index (κ3) is 6.15. The minimum Gasteiger partial charge on any atom is -0.458 e. The second-order valence-corrected chi connectivity index (χ2v) is 6.31. The minimum atomic E-state index is -0.581. The highest BCUT2D eigenvalue weighted by molar-refractivity contribution is 5.68. The standard InChI is InChI=1S/C15H24N2O5/c1-9(2)12(17-14(19)22-15(4,5)6)13-16-7-11(21-13)8-20-10(3)18/h7,9,12H,8H2,1-6H3,(H,17,19)/t12-/m0/s1. The summed E-state index contributed by atoms with van der Waals surface area (Å²) >= 11 is 0. The Bertz CT molecular complexity index is 516. The lowest BCUT2D eigenvalue weighted by atomic mass is 10.1. The van der Waals surface area contributed by atoms with Crippen LogP contribution in [0.3, 0.4) is 0 Å². The van der Waals surface area contributed by atoms with Crippen molar-refractivity contribution in [2.24, 2.45) is 5.92 Å². The van der Waals surface area contributed by atoms with E-state index in [0.717, 1.165) is 0 Å². The van der Waals surface area contributed by atoms with Crippen molar-refractivity contribution in [3.8, 4) is 0 Å². The molecule has 1 aromatic heterocycles. The van der Waals surface area contributed by atoms with Gasteiger partial charge in [-0.3, -0.25) is 4.79 Å². The van der Waals surface area contributed by atoms with Crippen LogP contribution in [0.25, 0.3) is 0 Å². The van der Waals surface area contributed by atoms with E-state index < -0.39 is 23.7 Å². The number of ether oxygens (including phenoxy) is 2. The van der Waals surface area contributed by atoms with Crippen molar-refractivity contribution in [3.63, 3.8) is 0 Å². The van der Waals surface area contributed by atoms with Crippen LogP contribution in [0.1, 0.15) is 59.2 Å². The quantitative estimate of drug-likeness (QED) is 0.841. The molecule has 0 bridgehead atoms. The number of amides is 1. The zero-order valence-electron chi connectivity index (χ0n) is 13.9. The Morgan fingerprint density at radius 1 is 1.36 bits per heavy atom. The predicted molar refractivity (Wildman–Crippen MR) is 78.9 cm³/mol. The summed E-state index contributed by atoms with van der Waals surface area (Å²) < 4.78 is 15.6. The zero-order chi connectivity index (χ0) is 16.9. The molecule has 1 aromatic rings. The molecule has 7 nitrogen and oxygen atoms in total. The second-order valence-electron chi connectivity index (χ2n) is 6.31. The van der Waals surface area contributed by atoms with Gasteiger partial charge in [-0.05, 0) is 26.7 Å². The molecule has 0 aliphatic carbocycles. The molecule has 0 radical (unpaired) electrons. The van der Waals surface area contributed by atoms with Gasteiger partial charge in [-0.1, -0.05) is 13.8 Å². The maximum absolute atomic E-state index is 11.9. The first kappa shape index (κ1) is 18.0. The van der Waals surface area contributed by atoms with Gasteiger partial charge in [-0.25, -0.2) is 9.78 Å². The molecule has 1 amide bonds. The summed E-state index contributed by atoms with van der Waals surface area (Å²) in [5, 5.41) is 2.74. The summed E-state index contributed by atoms with van der Waals surface area (Å²) in [5.74, 6) is 0.419. The van der Waals surface area contributed by atoms with Gasteiger partial charge in [0.15, 0.2) is 12.4 Å². The molecule has 0 unspecified atom stereocenters. The molecule has 1 rings (SSSR count). The van der Waals surface area contributed by atoms with E-state index in [1.165, 1.54) is 13.1 Å². The normalized spacial score (nSPS) is 12.9. The largest absolute Gasteiger partial charge is 0.458 e. The highest BCUT2D eigenvalue weighted by Gasteiger charge is 2.26. The maximum Gasteiger partial charge on any atom is 0.408 e. The zero-order valence-corrected chi connectivity index (χ0v) is 13.9. The fourth-order valence-electron chi connectivity index (χ4n) is 1.65. The molecule has 0 saturated heterocycles. The van der Waals surface area contributed by atoms with Gasteiger partial charge in [0.05, 0.1) is 6.20 Å². The van der Waals surface area contributed by atoms with Gasteiger partial charge >= 0.3 is 12.1 Å². The molecule has 0 aromatic carbocycles. The molecule has 124 valence electrons.